The molecular formula is C74H143NO5. The summed E-state index contributed by atoms with van der Waals surface area (Å²) in [6, 6.07) is -0.547. The van der Waals surface area contributed by atoms with Crippen LogP contribution in [0, 0.1) is 0 Å². The number of unbranched alkanes of at least 4 members (excludes halogenated alkanes) is 54. The monoisotopic (exact) mass is 1130 g/mol. The van der Waals surface area contributed by atoms with Gasteiger partial charge < -0.3 is 20.3 Å². The van der Waals surface area contributed by atoms with Crippen LogP contribution in [0.25, 0.3) is 0 Å². The van der Waals surface area contributed by atoms with Gasteiger partial charge in [-0.25, -0.2) is 0 Å². The maximum atomic E-state index is 12.6. The molecule has 0 saturated heterocycles. The average molecular weight is 1130 g/mol. The normalized spacial score (nSPS) is 12.6. The Balaban J connectivity index is 3.42. The lowest BCUT2D eigenvalue weighted by atomic mass is 10.0. The minimum Gasteiger partial charge on any atom is -0.466 e. The van der Waals surface area contributed by atoms with Gasteiger partial charge in [0, 0.05) is 12.8 Å². The molecule has 6 heteroatoms. The van der Waals surface area contributed by atoms with Crippen molar-refractivity contribution in [3.8, 4) is 0 Å². The first kappa shape index (κ1) is 78.3. The van der Waals surface area contributed by atoms with Gasteiger partial charge in [0.15, 0.2) is 0 Å². The summed E-state index contributed by atoms with van der Waals surface area (Å²) in [6.07, 6.45) is 88.0. The van der Waals surface area contributed by atoms with E-state index in [1.165, 1.54) is 334 Å². The smallest absolute Gasteiger partial charge is 0.305 e. The lowest BCUT2D eigenvalue weighted by Crippen LogP contribution is -2.45. The largest absolute Gasteiger partial charge is 0.466 e. The van der Waals surface area contributed by atoms with Crippen LogP contribution < -0.4 is 5.32 Å². The number of nitrogens with one attached hydrogen (secondary N) is 1. The highest BCUT2D eigenvalue weighted by Gasteiger charge is 2.20. The van der Waals surface area contributed by atoms with Crippen LogP contribution in [0.1, 0.15) is 412 Å². The summed E-state index contributed by atoms with van der Waals surface area (Å²) in [5.41, 5.74) is 0. The van der Waals surface area contributed by atoms with Gasteiger partial charge in [-0.05, 0) is 57.8 Å². The topological polar surface area (TPSA) is 95.9 Å². The van der Waals surface area contributed by atoms with E-state index in [2.05, 4.69) is 43.5 Å². The molecule has 2 unspecified atom stereocenters. The molecule has 2 atom stereocenters. The Kier molecular flexibility index (Phi) is 68.4. The maximum absolute atomic E-state index is 12.6. The number of aliphatic hydroxyl groups excluding tert-OH is 2. The van der Waals surface area contributed by atoms with Crippen molar-refractivity contribution in [1.29, 1.82) is 0 Å². The van der Waals surface area contributed by atoms with Crippen LogP contribution in [0.2, 0.25) is 0 Å². The van der Waals surface area contributed by atoms with Crippen LogP contribution in [0.15, 0.2) is 24.3 Å². The number of rotatable bonds is 69. The summed E-state index contributed by atoms with van der Waals surface area (Å²) in [5, 5.41) is 23.4. The van der Waals surface area contributed by atoms with Crippen molar-refractivity contribution in [2.75, 3.05) is 13.2 Å². The molecule has 0 fully saturated rings. The Labute approximate surface area is 501 Å². The molecule has 1 amide bonds. The Morgan fingerprint density at radius 2 is 0.625 bits per heavy atom. The molecule has 0 spiro atoms. The fourth-order valence-corrected chi connectivity index (χ4v) is 11.7. The zero-order valence-electron chi connectivity index (χ0n) is 54.3. The highest BCUT2D eigenvalue weighted by Crippen LogP contribution is 2.19. The van der Waals surface area contributed by atoms with Gasteiger partial charge in [0.25, 0.3) is 0 Å². The van der Waals surface area contributed by atoms with E-state index >= 15 is 0 Å². The minimum absolute atomic E-state index is 0.0135. The van der Waals surface area contributed by atoms with Gasteiger partial charge in [0.2, 0.25) is 5.91 Å². The maximum Gasteiger partial charge on any atom is 0.305 e. The average Bonchev–Trinajstić information content (AvgIpc) is 3.46. The number of allylic oxidation sites excluding steroid dienone is 4. The lowest BCUT2D eigenvalue weighted by molar-refractivity contribution is -0.143. The van der Waals surface area contributed by atoms with E-state index in [0.29, 0.717) is 25.9 Å². The Hall–Kier alpha value is -1.66. The second-order valence-corrected chi connectivity index (χ2v) is 25.3. The number of amides is 1. The van der Waals surface area contributed by atoms with E-state index in [0.717, 1.165) is 44.9 Å². The number of hydrogen-bond donors (Lipinski definition) is 3. The highest BCUT2D eigenvalue weighted by molar-refractivity contribution is 5.76. The Bertz CT molecular complexity index is 1250. The number of carbonyl (C=O) groups excluding carboxylic acids is 2. The van der Waals surface area contributed by atoms with Crippen LogP contribution in [0.3, 0.4) is 0 Å². The molecule has 0 aliphatic rings. The van der Waals surface area contributed by atoms with Crippen molar-refractivity contribution in [3.05, 3.63) is 24.3 Å². The number of ether oxygens (including phenoxy) is 1. The number of aliphatic hydroxyl groups is 2. The molecule has 0 aromatic carbocycles. The number of esters is 1. The lowest BCUT2D eigenvalue weighted by Gasteiger charge is -2.22. The molecule has 0 radical (unpaired) electrons. The molecule has 0 aromatic rings. The van der Waals surface area contributed by atoms with Gasteiger partial charge >= 0.3 is 5.97 Å². The summed E-state index contributed by atoms with van der Waals surface area (Å²) < 4.78 is 5.50. The van der Waals surface area contributed by atoms with Crippen molar-refractivity contribution >= 4 is 11.9 Å². The third-order valence-electron chi connectivity index (χ3n) is 17.3. The summed E-state index contributed by atoms with van der Waals surface area (Å²) in [6.45, 7) is 4.99. The standard InChI is InChI=1S/C74H143NO5/c1-3-5-7-9-11-13-15-17-19-21-22-23-29-32-35-38-42-46-50-54-58-62-66-72(77)71(70-76)75-73(78)67-63-59-55-51-47-43-39-36-33-30-27-25-24-26-28-31-34-37-41-45-49-53-57-61-65-69-80-74(79)68-64-60-56-52-48-44-40-20-18-16-14-12-10-8-6-4-2/h25-28,71-72,76-77H,3-24,29-70H2,1-2H3,(H,75,78)/b27-25-,28-26-. The molecule has 0 rings (SSSR count). The van der Waals surface area contributed by atoms with Crippen molar-refractivity contribution < 1.29 is 24.5 Å². The van der Waals surface area contributed by atoms with Gasteiger partial charge in [0.05, 0.1) is 25.4 Å². The van der Waals surface area contributed by atoms with Crippen molar-refractivity contribution in [2.24, 2.45) is 0 Å². The van der Waals surface area contributed by atoms with E-state index in [9.17, 15) is 19.8 Å². The number of hydrogen-bond acceptors (Lipinski definition) is 5. The van der Waals surface area contributed by atoms with Gasteiger partial charge in [-0.15, -0.1) is 0 Å². The van der Waals surface area contributed by atoms with Crippen molar-refractivity contribution in [1.82, 2.24) is 5.32 Å². The van der Waals surface area contributed by atoms with Gasteiger partial charge in [-0.2, -0.15) is 0 Å². The minimum atomic E-state index is -0.670. The Morgan fingerprint density at radius 1 is 0.350 bits per heavy atom. The molecule has 80 heavy (non-hydrogen) atoms. The fourth-order valence-electron chi connectivity index (χ4n) is 11.7. The zero-order valence-corrected chi connectivity index (χ0v) is 54.3. The molecule has 0 saturated carbocycles. The van der Waals surface area contributed by atoms with E-state index in [4.69, 9.17) is 4.74 Å². The predicted octanol–water partition coefficient (Wildman–Crippen LogP) is 23.7. The first-order chi connectivity index (χ1) is 39.5. The molecule has 3 N–H and O–H groups in total. The molecule has 0 heterocycles. The molecular weight excluding hydrogens is 983 g/mol. The van der Waals surface area contributed by atoms with Crippen molar-refractivity contribution in [2.45, 2.75) is 424 Å². The number of carbonyl (C=O) groups is 2. The molecule has 0 aromatic heterocycles. The van der Waals surface area contributed by atoms with Crippen LogP contribution >= 0.6 is 0 Å². The van der Waals surface area contributed by atoms with E-state index in [1.807, 2.05) is 0 Å². The van der Waals surface area contributed by atoms with Gasteiger partial charge in [-0.3, -0.25) is 9.59 Å². The molecule has 0 aliphatic heterocycles. The van der Waals surface area contributed by atoms with Crippen LogP contribution in [0.5, 0.6) is 0 Å². The SMILES string of the molecule is CCCCCCCCCCCCCCCCCCCCCCCCC(O)C(CO)NC(=O)CCCCCCCCCCC/C=C\C/C=C\CCCCCCCCCCCOC(=O)CCCCCCCCCCCCCCCCCC. The highest BCUT2D eigenvalue weighted by atomic mass is 16.5. The first-order valence-electron chi connectivity index (χ1n) is 36.6. The summed E-state index contributed by atoms with van der Waals surface area (Å²) in [7, 11) is 0. The van der Waals surface area contributed by atoms with E-state index < -0.39 is 12.1 Å². The Morgan fingerprint density at radius 3 is 0.950 bits per heavy atom. The summed E-state index contributed by atoms with van der Waals surface area (Å²) in [5.74, 6) is -0.0230. The van der Waals surface area contributed by atoms with Gasteiger partial charge in [-0.1, -0.05) is 366 Å². The first-order valence-corrected chi connectivity index (χ1v) is 36.6. The summed E-state index contributed by atoms with van der Waals surface area (Å²) >= 11 is 0. The second kappa shape index (κ2) is 69.8. The van der Waals surface area contributed by atoms with E-state index in [-0.39, 0.29) is 18.5 Å². The molecule has 6 nitrogen and oxygen atoms in total. The predicted molar refractivity (Wildman–Crippen MR) is 352 cm³/mol. The van der Waals surface area contributed by atoms with E-state index in [1.54, 1.807) is 0 Å². The van der Waals surface area contributed by atoms with Crippen molar-refractivity contribution in [3.63, 3.8) is 0 Å². The third-order valence-corrected chi connectivity index (χ3v) is 17.3. The van der Waals surface area contributed by atoms with Crippen LogP contribution in [-0.2, 0) is 14.3 Å². The third kappa shape index (κ3) is 65.5. The quantitative estimate of drug-likeness (QED) is 0.0320. The van der Waals surface area contributed by atoms with Gasteiger partial charge in [0.1, 0.15) is 0 Å². The molecule has 0 bridgehead atoms. The molecule has 474 valence electrons. The fraction of sp³-hybridized carbons (Fsp3) is 0.919. The van der Waals surface area contributed by atoms with Crippen LogP contribution in [0.4, 0.5) is 0 Å². The summed E-state index contributed by atoms with van der Waals surface area (Å²) in [4.78, 5) is 24.6. The molecule has 0 aliphatic carbocycles. The van der Waals surface area contributed by atoms with Crippen LogP contribution in [-0.4, -0.2) is 47.4 Å². The zero-order chi connectivity index (χ0) is 57.8. The second-order valence-electron chi connectivity index (χ2n) is 25.3.